The Morgan fingerprint density at radius 3 is 2.50 bits per heavy atom. The standard InChI is InChI=1S/C10H14/c1-2-4-6-8-10-9-7-5-3-1/h1-4,7,9H,5-6,8,10H2/b3-1-,4-2+,9-7+. The Kier molecular flexibility index (Phi) is 3.69. The molecule has 0 radical (unpaired) electrons. The Hall–Kier alpha value is -0.780. The van der Waals surface area contributed by atoms with Gasteiger partial charge in [0.2, 0.25) is 0 Å². The topological polar surface area (TPSA) is 0 Å². The zero-order valence-corrected chi connectivity index (χ0v) is 6.29. The molecule has 0 aromatic rings. The van der Waals surface area contributed by atoms with Crippen LogP contribution in [0, 0.1) is 0 Å². The first-order valence-electron chi connectivity index (χ1n) is 3.97. The maximum absolute atomic E-state index is 2.27. The lowest BCUT2D eigenvalue weighted by molar-refractivity contribution is 0.865. The molecule has 0 saturated heterocycles. The van der Waals surface area contributed by atoms with E-state index < -0.39 is 0 Å². The first-order valence-corrected chi connectivity index (χ1v) is 3.97. The monoisotopic (exact) mass is 134 g/mol. The minimum atomic E-state index is 1.09. The Bertz CT molecular complexity index is 149. The van der Waals surface area contributed by atoms with Crippen LogP contribution in [0.3, 0.4) is 0 Å². The van der Waals surface area contributed by atoms with Gasteiger partial charge in [-0.05, 0) is 25.7 Å². The van der Waals surface area contributed by atoms with Crippen molar-refractivity contribution < 1.29 is 0 Å². The van der Waals surface area contributed by atoms with E-state index in [2.05, 4.69) is 36.5 Å². The number of hydrogen-bond acceptors (Lipinski definition) is 0. The van der Waals surface area contributed by atoms with Gasteiger partial charge in [-0.25, -0.2) is 0 Å². The molecule has 0 amide bonds. The Balaban J connectivity index is 2.38. The summed E-state index contributed by atoms with van der Waals surface area (Å²) in [6.45, 7) is 0. The minimum Gasteiger partial charge on any atom is -0.0882 e. The Morgan fingerprint density at radius 2 is 1.50 bits per heavy atom. The normalized spacial score (nSPS) is 28.8. The molecule has 0 N–H and O–H groups in total. The Labute approximate surface area is 62.9 Å². The second-order valence-electron chi connectivity index (χ2n) is 2.49. The maximum atomic E-state index is 2.27. The molecule has 1 aliphatic rings. The molecule has 0 atom stereocenters. The van der Waals surface area contributed by atoms with E-state index in [0.29, 0.717) is 0 Å². The third kappa shape index (κ3) is 3.29. The molecule has 1 aliphatic carbocycles. The molecule has 0 heterocycles. The number of allylic oxidation sites excluding steroid dienone is 6. The van der Waals surface area contributed by atoms with Gasteiger partial charge in [0.1, 0.15) is 0 Å². The van der Waals surface area contributed by atoms with Gasteiger partial charge in [0, 0.05) is 0 Å². The van der Waals surface area contributed by atoms with Gasteiger partial charge in [0.05, 0.1) is 0 Å². The molecule has 0 unspecified atom stereocenters. The van der Waals surface area contributed by atoms with E-state index >= 15 is 0 Å². The summed E-state index contributed by atoms with van der Waals surface area (Å²) in [5, 5.41) is 0. The van der Waals surface area contributed by atoms with Crippen LogP contribution >= 0.6 is 0 Å². The Morgan fingerprint density at radius 1 is 0.700 bits per heavy atom. The zero-order valence-electron chi connectivity index (χ0n) is 6.29. The van der Waals surface area contributed by atoms with Crippen molar-refractivity contribution >= 4 is 0 Å². The van der Waals surface area contributed by atoms with E-state index in [1.807, 2.05) is 0 Å². The highest BCUT2D eigenvalue weighted by Gasteiger charge is 1.80. The van der Waals surface area contributed by atoms with Crippen LogP contribution in [0.5, 0.6) is 0 Å². The van der Waals surface area contributed by atoms with Crippen molar-refractivity contribution in [1.82, 2.24) is 0 Å². The number of rotatable bonds is 0. The van der Waals surface area contributed by atoms with Gasteiger partial charge in [-0.3, -0.25) is 0 Å². The van der Waals surface area contributed by atoms with Crippen molar-refractivity contribution in [1.29, 1.82) is 0 Å². The largest absolute Gasteiger partial charge is 0.0882 e. The molecule has 10 heavy (non-hydrogen) atoms. The van der Waals surface area contributed by atoms with Gasteiger partial charge < -0.3 is 0 Å². The van der Waals surface area contributed by atoms with Crippen LogP contribution in [0.15, 0.2) is 36.5 Å². The van der Waals surface area contributed by atoms with Crippen LogP contribution in [0.2, 0.25) is 0 Å². The SMILES string of the molecule is C1=C\C/C=C/CCC/C=C/1. The van der Waals surface area contributed by atoms with Crippen molar-refractivity contribution in [3.8, 4) is 0 Å². The fraction of sp³-hybridized carbons (Fsp3) is 0.400. The molecule has 0 aliphatic heterocycles. The summed E-state index contributed by atoms with van der Waals surface area (Å²) in [5.41, 5.74) is 0. The van der Waals surface area contributed by atoms with Gasteiger partial charge in [-0.2, -0.15) is 0 Å². The summed E-state index contributed by atoms with van der Waals surface area (Å²) < 4.78 is 0. The first-order chi connectivity index (χ1) is 5.00. The van der Waals surface area contributed by atoms with Gasteiger partial charge in [0.25, 0.3) is 0 Å². The molecule has 0 fully saturated rings. The molecule has 0 nitrogen and oxygen atoms in total. The van der Waals surface area contributed by atoms with Crippen molar-refractivity contribution in [2.75, 3.05) is 0 Å². The summed E-state index contributed by atoms with van der Waals surface area (Å²) in [5.74, 6) is 0. The van der Waals surface area contributed by atoms with Crippen molar-refractivity contribution in [3.05, 3.63) is 36.5 Å². The molecular weight excluding hydrogens is 120 g/mol. The molecule has 0 heteroatoms. The lowest BCUT2D eigenvalue weighted by Gasteiger charge is -1.91. The summed E-state index contributed by atoms with van der Waals surface area (Å²) in [4.78, 5) is 0. The molecule has 0 spiro atoms. The third-order valence-corrected chi connectivity index (χ3v) is 1.56. The highest BCUT2D eigenvalue weighted by Crippen LogP contribution is 2.01. The molecular formula is C10H14. The quantitative estimate of drug-likeness (QED) is 0.446. The van der Waals surface area contributed by atoms with E-state index in [4.69, 9.17) is 0 Å². The summed E-state index contributed by atoms with van der Waals surface area (Å²) in [6.07, 6.45) is 18.0. The predicted octanol–water partition coefficient (Wildman–Crippen LogP) is 3.23. The van der Waals surface area contributed by atoms with Crippen LogP contribution in [-0.2, 0) is 0 Å². The van der Waals surface area contributed by atoms with Crippen LogP contribution in [-0.4, -0.2) is 0 Å². The van der Waals surface area contributed by atoms with Crippen molar-refractivity contribution in [2.24, 2.45) is 0 Å². The van der Waals surface area contributed by atoms with Gasteiger partial charge in [0.15, 0.2) is 0 Å². The van der Waals surface area contributed by atoms with Crippen LogP contribution < -0.4 is 0 Å². The number of hydrogen-bond donors (Lipinski definition) is 0. The summed E-state index contributed by atoms with van der Waals surface area (Å²) >= 11 is 0. The second-order valence-corrected chi connectivity index (χ2v) is 2.49. The molecule has 1 rings (SSSR count). The fourth-order valence-electron chi connectivity index (χ4n) is 0.978. The molecule has 54 valence electrons. The second kappa shape index (κ2) is 5.04. The third-order valence-electron chi connectivity index (χ3n) is 1.56. The lowest BCUT2D eigenvalue weighted by Crippen LogP contribution is -1.70. The van der Waals surface area contributed by atoms with E-state index in [9.17, 15) is 0 Å². The van der Waals surface area contributed by atoms with E-state index in [1.165, 1.54) is 19.3 Å². The van der Waals surface area contributed by atoms with E-state index in [-0.39, 0.29) is 0 Å². The molecule has 0 saturated carbocycles. The predicted molar refractivity (Wildman–Crippen MR) is 45.9 cm³/mol. The van der Waals surface area contributed by atoms with Crippen LogP contribution in [0.4, 0.5) is 0 Å². The molecule has 0 aromatic heterocycles. The smallest absolute Gasteiger partial charge is 0.0166 e. The average molecular weight is 134 g/mol. The van der Waals surface area contributed by atoms with Gasteiger partial charge >= 0.3 is 0 Å². The fourth-order valence-corrected chi connectivity index (χ4v) is 0.978. The lowest BCUT2D eigenvalue weighted by atomic mass is 10.2. The molecule has 0 aromatic carbocycles. The zero-order chi connectivity index (χ0) is 7.07. The van der Waals surface area contributed by atoms with Crippen LogP contribution in [0.25, 0.3) is 0 Å². The summed E-state index contributed by atoms with van der Waals surface area (Å²) in [6, 6.07) is 0. The van der Waals surface area contributed by atoms with E-state index in [0.717, 1.165) is 6.42 Å². The van der Waals surface area contributed by atoms with Gasteiger partial charge in [-0.1, -0.05) is 36.5 Å². The first kappa shape index (κ1) is 7.33. The van der Waals surface area contributed by atoms with Crippen molar-refractivity contribution in [3.63, 3.8) is 0 Å². The van der Waals surface area contributed by atoms with Gasteiger partial charge in [-0.15, -0.1) is 0 Å². The minimum absolute atomic E-state index is 1.09. The average Bonchev–Trinajstić information content (AvgIpc) is 2.01. The highest BCUT2D eigenvalue weighted by atomic mass is 13.9. The molecule has 0 bridgehead atoms. The maximum Gasteiger partial charge on any atom is -0.0166 e. The summed E-state index contributed by atoms with van der Waals surface area (Å²) in [7, 11) is 0. The van der Waals surface area contributed by atoms with Crippen LogP contribution in [0.1, 0.15) is 25.7 Å². The van der Waals surface area contributed by atoms with E-state index in [1.54, 1.807) is 0 Å². The highest BCUT2D eigenvalue weighted by molar-refractivity contribution is 5.05. The van der Waals surface area contributed by atoms with Crippen molar-refractivity contribution in [2.45, 2.75) is 25.7 Å².